The number of alkyl halides is 9. The van der Waals surface area contributed by atoms with Crippen molar-refractivity contribution < 1.29 is 44.3 Å². The van der Waals surface area contributed by atoms with Gasteiger partial charge in [-0.05, 0) is 35.9 Å². The highest BCUT2D eigenvalue weighted by Gasteiger charge is 2.37. The van der Waals surface area contributed by atoms with Gasteiger partial charge in [-0.25, -0.2) is 10.2 Å². The van der Waals surface area contributed by atoms with Crippen molar-refractivity contribution in [2.75, 3.05) is 5.32 Å². The predicted octanol–water partition coefficient (Wildman–Crippen LogP) is 5.90. The van der Waals surface area contributed by atoms with Crippen molar-refractivity contribution in [2.45, 2.75) is 18.5 Å². The van der Waals surface area contributed by atoms with Crippen molar-refractivity contribution in [1.29, 1.82) is 0 Å². The molecule has 2 N–H and O–H groups in total. The van der Waals surface area contributed by atoms with Crippen molar-refractivity contribution in [3.8, 4) is 0 Å². The van der Waals surface area contributed by atoms with Crippen LogP contribution in [-0.2, 0) is 18.5 Å². The maximum Gasteiger partial charge on any atom is 0.416 e. The maximum atomic E-state index is 12.8. The molecule has 4 nitrogen and oxygen atoms in total. The lowest BCUT2D eigenvalue weighted by Crippen LogP contribution is -2.25. The van der Waals surface area contributed by atoms with Gasteiger partial charge in [-0.3, -0.25) is 0 Å². The molecule has 0 aliphatic heterocycles. The van der Waals surface area contributed by atoms with Gasteiger partial charge in [0.2, 0.25) is 0 Å². The highest BCUT2D eigenvalue weighted by atomic mass is 19.4. The van der Waals surface area contributed by atoms with Gasteiger partial charge >= 0.3 is 24.6 Å². The van der Waals surface area contributed by atoms with E-state index in [9.17, 15) is 44.3 Å². The number of hydrogen-bond donors (Lipinski definition) is 2. The molecule has 2 aromatic carbocycles. The van der Waals surface area contributed by atoms with Gasteiger partial charge < -0.3 is 5.32 Å². The van der Waals surface area contributed by atoms with Crippen LogP contribution < -0.4 is 10.7 Å². The molecule has 0 heterocycles. The summed E-state index contributed by atoms with van der Waals surface area (Å²) in [7, 11) is 0. The van der Waals surface area contributed by atoms with Gasteiger partial charge in [0, 0.05) is 5.69 Å². The topological polar surface area (TPSA) is 53.5 Å². The number of carbonyl (C=O) groups excluding carboxylic acids is 1. The summed E-state index contributed by atoms with van der Waals surface area (Å²) in [4.78, 5) is 11.7. The van der Waals surface area contributed by atoms with E-state index >= 15 is 0 Å². The second-order valence-electron chi connectivity index (χ2n) is 5.74. The molecule has 0 atom stereocenters. The molecule has 0 saturated heterocycles. The lowest BCUT2D eigenvalue weighted by molar-refractivity contribution is -0.143. The van der Waals surface area contributed by atoms with Crippen molar-refractivity contribution in [3.05, 3.63) is 64.7 Å². The normalized spacial score (nSPS) is 12.8. The first kappa shape index (κ1) is 23.0. The van der Waals surface area contributed by atoms with Gasteiger partial charge in [0.15, 0.2) is 0 Å². The van der Waals surface area contributed by atoms with Crippen LogP contribution in [0.5, 0.6) is 0 Å². The van der Waals surface area contributed by atoms with Gasteiger partial charge in [-0.15, -0.1) is 0 Å². The lowest BCUT2D eigenvalue weighted by Gasteiger charge is -2.14. The largest absolute Gasteiger partial charge is 0.416 e. The molecule has 30 heavy (non-hydrogen) atoms. The first-order chi connectivity index (χ1) is 13.7. The third-order valence-electron chi connectivity index (χ3n) is 3.46. The van der Waals surface area contributed by atoms with Gasteiger partial charge in [0.1, 0.15) is 0 Å². The molecular weight excluding hydrogens is 433 g/mol. The number of nitrogens with one attached hydrogen (secondary N) is 2. The number of amides is 2. The van der Waals surface area contributed by atoms with Crippen LogP contribution in [0.25, 0.3) is 0 Å². The predicted molar refractivity (Wildman–Crippen MR) is 87.6 cm³/mol. The van der Waals surface area contributed by atoms with Gasteiger partial charge in [0.25, 0.3) is 0 Å². The third kappa shape index (κ3) is 6.39. The highest BCUT2D eigenvalue weighted by molar-refractivity contribution is 5.90. The average molecular weight is 443 g/mol. The van der Waals surface area contributed by atoms with E-state index in [-0.39, 0.29) is 11.6 Å². The summed E-state index contributed by atoms with van der Waals surface area (Å²) in [6.45, 7) is 0. The number of benzene rings is 2. The molecule has 0 aliphatic carbocycles. The SMILES string of the molecule is O=C(N/N=C\c1ccc(C(F)(F)F)cc1)Nc1cc(C(F)(F)F)cc(C(F)(F)F)c1. The van der Waals surface area contributed by atoms with Gasteiger partial charge in [-0.2, -0.15) is 44.6 Å². The van der Waals surface area contributed by atoms with Gasteiger partial charge in [-0.1, -0.05) is 12.1 Å². The molecule has 0 aromatic heterocycles. The Morgan fingerprint density at radius 3 is 1.63 bits per heavy atom. The molecule has 0 spiro atoms. The number of hydrazone groups is 1. The number of nitrogens with zero attached hydrogens (tertiary/aromatic N) is 1. The van der Waals surface area contributed by atoms with Gasteiger partial charge in [0.05, 0.1) is 22.9 Å². The number of carbonyl (C=O) groups is 1. The van der Waals surface area contributed by atoms with E-state index in [1.807, 2.05) is 0 Å². The van der Waals surface area contributed by atoms with Crippen LogP contribution in [0.2, 0.25) is 0 Å². The molecular formula is C17H10F9N3O. The van der Waals surface area contributed by atoms with Crippen molar-refractivity contribution in [3.63, 3.8) is 0 Å². The highest BCUT2D eigenvalue weighted by Crippen LogP contribution is 2.37. The maximum absolute atomic E-state index is 12.8. The number of anilines is 1. The molecule has 0 aliphatic rings. The Labute approximate surface area is 162 Å². The second-order valence-corrected chi connectivity index (χ2v) is 5.74. The number of urea groups is 1. The zero-order valence-electron chi connectivity index (χ0n) is 14.4. The summed E-state index contributed by atoms with van der Waals surface area (Å²) in [5, 5.41) is 5.13. The fourth-order valence-electron chi connectivity index (χ4n) is 2.11. The second kappa shape index (κ2) is 8.24. The van der Waals surface area contributed by atoms with E-state index in [1.54, 1.807) is 10.7 Å². The molecule has 2 rings (SSSR count). The molecule has 0 saturated carbocycles. The van der Waals surface area contributed by atoms with E-state index in [4.69, 9.17) is 0 Å². The fraction of sp³-hybridized carbons (Fsp3) is 0.176. The minimum absolute atomic E-state index is 0.105. The Bertz CT molecular complexity index is 897. The minimum Gasteiger partial charge on any atom is -0.306 e. The molecule has 0 unspecified atom stereocenters. The third-order valence-corrected chi connectivity index (χ3v) is 3.46. The smallest absolute Gasteiger partial charge is 0.306 e. The Morgan fingerprint density at radius 1 is 0.733 bits per heavy atom. The summed E-state index contributed by atoms with van der Waals surface area (Å²) in [6, 6.07) is 2.80. The average Bonchev–Trinajstić information content (AvgIpc) is 2.59. The van der Waals surface area contributed by atoms with Crippen LogP contribution in [0, 0.1) is 0 Å². The van der Waals surface area contributed by atoms with E-state index in [0.29, 0.717) is 12.1 Å². The zero-order valence-corrected chi connectivity index (χ0v) is 14.4. The van der Waals surface area contributed by atoms with E-state index in [2.05, 4.69) is 5.10 Å². The number of halogens is 9. The first-order valence-corrected chi connectivity index (χ1v) is 7.73. The van der Waals surface area contributed by atoms with Crippen LogP contribution in [0.3, 0.4) is 0 Å². The number of rotatable bonds is 3. The minimum atomic E-state index is -5.09. The molecule has 162 valence electrons. The van der Waals surface area contributed by atoms with E-state index in [0.717, 1.165) is 30.5 Å². The van der Waals surface area contributed by atoms with Crippen molar-refractivity contribution in [2.24, 2.45) is 5.10 Å². The monoisotopic (exact) mass is 443 g/mol. The molecule has 2 aromatic rings. The standard InChI is InChI=1S/C17H10F9N3O/c18-15(19,20)10-3-1-9(2-4-10)8-27-29-14(30)28-13-6-11(16(21,22)23)5-12(7-13)17(24,25)26/h1-8H,(H2,28,29,30)/b27-8-. The van der Waals surface area contributed by atoms with Crippen LogP contribution in [0.4, 0.5) is 50.0 Å². The van der Waals surface area contributed by atoms with E-state index < -0.39 is 46.9 Å². The van der Waals surface area contributed by atoms with Crippen LogP contribution in [-0.4, -0.2) is 12.2 Å². The van der Waals surface area contributed by atoms with Crippen LogP contribution in [0.1, 0.15) is 22.3 Å². The lowest BCUT2D eigenvalue weighted by atomic mass is 10.1. The first-order valence-electron chi connectivity index (χ1n) is 7.73. The zero-order chi connectivity index (χ0) is 22.7. The molecule has 13 heteroatoms. The molecule has 0 radical (unpaired) electrons. The quantitative estimate of drug-likeness (QED) is 0.347. The van der Waals surface area contributed by atoms with Crippen LogP contribution >= 0.6 is 0 Å². The summed E-state index contributed by atoms with van der Waals surface area (Å²) < 4.78 is 114. The summed E-state index contributed by atoms with van der Waals surface area (Å²) in [6.07, 6.45) is -13.8. The Kier molecular flexibility index (Phi) is 6.33. The Hall–Kier alpha value is -3.25. The summed E-state index contributed by atoms with van der Waals surface area (Å²) in [5.74, 6) is 0. The Balaban J connectivity index is 2.09. The van der Waals surface area contributed by atoms with Crippen LogP contribution in [0.15, 0.2) is 47.6 Å². The number of hydrogen-bond acceptors (Lipinski definition) is 2. The molecule has 0 fully saturated rings. The van der Waals surface area contributed by atoms with E-state index in [1.165, 1.54) is 0 Å². The van der Waals surface area contributed by atoms with Crippen molar-refractivity contribution in [1.82, 2.24) is 5.43 Å². The fourth-order valence-corrected chi connectivity index (χ4v) is 2.11. The molecule has 2 amide bonds. The Morgan fingerprint density at radius 2 is 1.20 bits per heavy atom. The summed E-state index contributed by atoms with van der Waals surface area (Å²) >= 11 is 0. The summed E-state index contributed by atoms with van der Waals surface area (Å²) in [5.41, 5.74) is -3.05. The molecule has 0 bridgehead atoms. The van der Waals surface area contributed by atoms with Crippen molar-refractivity contribution >= 4 is 17.9 Å².